The summed E-state index contributed by atoms with van der Waals surface area (Å²) in [4.78, 5) is 8.06. The zero-order valence-corrected chi connectivity index (χ0v) is 8.99. The van der Waals surface area contributed by atoms with Gasteiger partial charge in [-0.05, 0) is 25.1 Å². The van der Waals surface area contributed by atoms with Gasteiger partial charge in [0.15, 0.2) is 0 Å². The van der Waals surface area contributed by atoms with Crippen molar-refractivity contribution >= 4 is 6.08 Å². The van der Waals surface area contributed by atoms with E-state index in [-0.39, 0.29) is 0 Å². The molecule has 0 spiro atoms. The van der Waals surface area contributed by atoms with Crippen LogP contribution in [0.2, 0.25) is 0 Å². The molecule has 3 nitrogen and oxygen atoms in total. The van der Waals surface area contributed by atoms with E-state index in [1.807, 2.05) is 13.1 Å². The molecule has 14 heavy (non-hydrogen) atoms. The molecule has 1 N–H and O–H groups in total. The van der Waals surface area contributed by atoms with E-state index in [0.717, 1.165) is 12.2 Å². The average molecular weight is 191 g/mol. The summed E-state index contributed by atoms with van der Waals surface area (Å²) in [6.45, 7) is 5.27. The second-order valence-corrected chi connectivity index (χ2v) is 3.54. The van der Waals surface area contributed by atoms with Crippen LogP contribution in [0.4, 0.5) is 0 Å². The summed E-state index contributed by atoms with van der Waals surface area (Å²) in [5.41, 5.74) is 2.32. The largest absolute Gasteiger partial charge is 0.316 e. The Hall–Kier alpha value is -1.22. The van der Waals surface area contributed by atoms with Crippen LogP contribution in [0.5, 0.6) is 0 Å². The predicted octanol–water partition coefficient (Wildman–Crippen LogP) is 1.74. The number of aromatic nitrogens is 2. The molecule has 76 valence electrons. The van der Waals surface area contributed by atoms with Gasteiger partial charge in [0.1, 0.15) is 6.33 Å². The van der Waals surface area contributed by atoms with Crippen molar-refractivity contribution in [3.8, 4) is 0 Å². The third kappa shape index (κ3) is 3.26. The van der Waals surface area contributed by atoms with Crippen LogP contribution in [0.15, 0.2) is 24.2 Å². The van der Waals surface area contributed by atoms with Crippen LogP contribution >= 0.6 is 0 Å². The van der Waals surface area contributed by atoms with E-state index < -0.39 is 0 Å². The molecule has 1 aromatic rings. The molecule has 0 atom stereocenters. The quantitative estimate of drug-likeness (QED) is 0.787. The molecular formula is C11H17N3. The smallest absolute Gasteiger partial charge is 0.115 e. The molecule has 0 aliphatic rings. The monoisotopic (exact) mass is 191 g/mol. The van der Waals surface area contributed by atoms with Crippen molar-refractivity contribution in [1.82, 2.24) is 15.3 Å². The first-order valence-electron chi connectivity index (χ1n) is 4.85. The van der Waals surface area contributed by atoms with Crippen molar-refractivity contribution in [1.29, 1.82) is 0 Å². The number of hydrogen-bond donors (Lipinski definition) is 1. The third-order valence-corrected chi connectivity index (χ3v) is 2.06. The second kappa shape index (κ2) is 5.50. The molecule has 0 saturated heterocycles. The predicted molar refractivity (Wildman–Crippen MR) is 58.8 cm³/mol. The molecule has 0 radical (unpaired) electrons. The number of nitrogens with zero attached hydrogens (tertiary/aromatic N) is 2. The summed E-state index contributed by atoms with van der Waals surface area (Å²) in [5.74, 6) is 0.539. The standard InChI is InChI=1S/C11H17N3/c1-9(2)10(7-12-3)6-11-4-5-13-8-14-11/h4-6,8-9,12H,7H2,1-3H3. The van der Waals surface area contributed by atoms with Crippen LogP contribution in [0.1, 0.15) is 19.5 Å². The van der Waals surface area contributed by atoms with Gasteiger partial charge in [-0.3, -0.25) is 0 Å². The fourth-order valence-corrected chi connectivity index (χ4v) is 1.20. The highest BCUT2D eigenvalue weighted by atomic mass is 14.8. The molecule has 0 aromatic carbocycles. The van der Waals surface area contributed by atoms with E-state index in [9.17, 15) is 0 Å². The molecule has 0 amide bonds. The van der Waals surface area contributed by atoms with Crippen LogP contribution in [0.3, 0.4) is 0 Å². The first-order chi connectivity index (χ1) is 6.74. The topological polar surface area (TPSA) is 37.8 Å². The number of nitrogens with one attached hydrogen (secondary N) is 1. The molecule has 0 aliphatic carbocycles. The number of likely N-dealkylation sites (N-methyl/N-ethyl adjacent to an activating group) is 1. The maximum Gasteiger partial charge on any atom is 0.115 e. The van der Waals surface area contributed by atoms with E-state index in [4.69, 9.17) is 0 Å². The fourth-order valence-electron chi connectivity index (χ4n) is 1.20. The minimum Gasteiger partial charge on any atom is -0.316 e. The second-order valence-electron chi connectivity index (χ2n) is 3.54. The Balaban J connectivity index is 2.82. The minimum absolute atomic E-state index is 0.539. The van der Waals surface area contributed by atoms with E-state index >= 15 is 0 Å². The van der Waals surface area contributed by atoms with Crippen molar-refractivity contribution in [2.24, 2.45) is 5.92 Å². The summed E-state index contributed by atoms with van der Waals surface area (Å²) in [5, 5.41) is 3.16. The molecule has 1 heterocycles. The Bertz CT molecular complexity index is 291. The molecule has 1 aromatic heterocycles. The van der Waals surface area contributed by atoms with Gasteiger partial charge in [0, 0.05) is 12.7 Å². The van der Waals surface area contributed by atoms with E-state index in [2.05, 4.69) is 35.2 Å². The van der Waals surface area contributed by atoms with Crippen LogP contribution in [0, 0.1) is 5.92 Å². The lowest BCUT2D eigenvalue weighted by atomic mass is 10.0. The first-order valence-corrected chi connectivity index (χ1v) is 4.85. The van der Waals surface area contributed by atoms with E-state index in [1.54, 1.807) is 12.5 Å². The maximum atomic E-state index is 4.17. The van der Waals surface area contributed by atoms with Gasteiger partial charge < -0.3 is 5.32 Å². The Kier molecular flexibility index (Phi) is 4.26. The van der Waals surface area contributed by atoms with Crippen molar-refractivity contribution in [2.45, 2.75) is 13.8 Å². The van der Waals surface area contributed by atoms with Gasteiger partial charge in [-0.25, -0.2) is 9.97 Å². The zero-order valence-electron chi connectivity index (χ0n) is 8.99. The van der Waals surface area contributed by atoms with Gasteiger partial charge in [0.05, 0.1) is 5.69 Å². The lowest BCUT2D eigenvalue weighted by Gasteiger charge is -2.10. The lowest BCUT2D eigenvalue weighted by molar-refractivity contribution is 0.712. The Morgan fingerprint density at radius 3 is 2.86 bits per heavy atom. The molecule has 1 rings (SSSR count). The molecule has 0 unspecified atom stereocenters. The lowest BCUT2D eigenvalue weighted by Crippen LogP contribution is -2.13. The highest BCUT2D eigenvalue weighted by molar-refractivity contribution is 5.49. The Labute approximate surface area is 85.3 Å². The van der Waals surface area contributed by atoms with Crippen LogP contribution in [-0.4, -0.2) is 23.6 Å². The van der Waals surface area contributed by atoms with Crippen LogP contribution < -0.4 is 5.32 Å². The molecule has 0 bridgehead atoms. The fraction of sp³-hybridized carbons (Fsp3) is 0.455. The van der Waals surface area contributed by atoms with Gasteiger partial charge in [0.2, 0.25) is 0 Å². The molecule has 0 saturated carbocycles. The van der Waals surface area contributed by atoms with Gasteiger partial charge in [0.25, 0.3) is 0 Å². The van der Waals surface area contributed by atoms with Crippen molar-refractivity contribution in [3.05, 3.63) is 29.9 Å². The molecule has 0 aliphatic heterocycles. The Morgan fingerprint density at radius 2 is 2.36 bits per heavy atom. The summed E-state index contributed by atoms with van der Waals surface area (Å²) in [6.07, 6.45) is 5.45. The maximum absolute atomic E-state index is 4.17. The summed E-state index contributed by atoms with van der Waals surface area (Å²) in [7, 11) is 1.95. The zero-order chi connectivity index (χ0) is 10.4. The first kappa shape index (κ1) is 10.9. The van der Waals surface area contributed by atoms with Gasteiger partial charge >= 0.3 is 0 Å². The van der Waals surface area contributed by atoms with Crippen LogP contribution in [0.25, 0.3) is 6.08 Å². The molecule has 0 fully saturated rings. The molecular weight excluding hydrogens is 174 g/mol. The summed E-state index contributed by atoms with van der Waals surface area (Å²) >= 11 is 0. The van der Waals surface area contributed by atoms with Crippen molar-refractivity contribution in [3.63, 3.8) is 0 Å². The Morgan fingerprint density at radius 1 is 1.57 bits per heavy atom. The normalized spacial score (nSPS) is 12.1. The number of rotatable bonds is 4. The number of hydrogen-bond acceptors (Lipinski definition) is 3. The highest BCUT2D eigenvalue weighted by Gasteiger charge is 2.02. The van der Waals surface area contributed by atoms with E-state index in [0.29, 0.717) is 5.92 Å². The summed E-state index contributed by atoms with van der Waals surface area (Å²) < 4.78 is 0. The SMILES string of the molecule is CNCC(=Cc1ccncn1)C(C)C. The van der Waals surface area contributed by atoms with Crippen LogP contribution in [-0.2, 0) is 0 Å². The highest BCUT2D eigenvalue weighted by Crippen LogP contribution is 2.11. The average Bonchev–Trinajstić information content (AvgIpc) is 2.18. The van der Waals surface area contributed by atoms with Crippen molar-refractivity contribution in [2.75, 3.05) is 13.6 Å². The minimum atomic E-state index is 0.539. The summed E-state index contributed by atoms with van der Waals surface area (Å²) in [6, 6.07) is 1.91. The van der Waals surface area contributed by atoms with Crippen molar-refractivity contribution < 1.29 is 0 Å². The molecule has 3 heteroatoms. The van der Waals surface area contributed by atoms with Gasteiger partial charge in [-0.1, -0.05) is 19.4 Å². The third-order valence-electron chi connectivity index (χ3n) is 2.06. The van der Waals surface area contributed by atoms with Gasteiger partial charge in [-0.2, -0.15) is 0 Å². The van der Waals surface area contributed by atoms with E-state index in [1.165, 1.54) is 5.57 Å². The van der Waals surface area contributed by atoms with Gasteiger partial charge in [-0.15, -0.1) is 0 Å².